The monoisotopic (exact) mass is 338 g/mol. The predicted molar refractivity (Wildman–Crippen MR) is 89.7 cm³/mol. The molecule has 0 spiro atoms. The molecule has 0 N–H and O–H groups in total. The number of aromatic nitrogens is 1. The van der Waals surface area contributed by atoms with E-state index in [-0.39, 0.29) is 0 Å². The van der Waals surface area contributed by atoms with Crippen molar-refractivity contribution in [3.63, 3.8) is 0 Å². The van der Waals surface area contributed by atoms with Crippen LogP contribution in [0.1, 0.15) is 5.56 Å². The topological polar surface area (TPSA) is 3.88 Å². The normalized spacial score (nSPS) is 11.3. The van der Waals surface area contributed by atoms with Crippen molar-refractivity contribution in [1.82, 2.24) is 0 Å². The average molecular weight is 337 g/mol. The number of pyridine rings is 1. The Balaban J connectivity index is 2.10. The van der Waals surface area contributed by atoms with Gasteiger partial charge in [0.15, 0.2) is 0 Å². The van der Waals surface area contributed by atoms with E-state index in [2.05, 4.69) is 78.2 Å². The number of hydrogen-bond acceptors (Lipinski definition) is 0. The third kappa shape index (κ3) is 2.03. The Labute approximate surface area is 130 Å². The molecular weight excluding hydrogens is 321 g/mol. The van der Waals surface area contributed by atoms with Gasteiger partial charge in [0.1, 0.15) is 0 Å². The first-order chi connectivity index (χ1) is 10.2. The molecule has 0 amide bonds. The van der Waals surface area contributed by atoms with Gasteiger partial charge < -0.3 is 0 Å². The first-order valence-electron chi connectivity index (χ1n) is 7.09. The quantitative estimate of drug-likeness (QED) is 0.367. The molecule has 0 aliphatic rings. The maximum atomic E-state index is 2.37. The van der Waals surface area contributed by atoms with Crippen molar-refractivity contribution in [3.05, 3.63) is 65.2 Å². The minimum atomic E-state index is 0.470. The van der Waals surface area contributed by atoms with Gasteiger partial charge in [-0.25, -0.2) is 0 Å². The number of nitrogens with zero attached hydrogens (tertiary/aromatic N) is 1. The van der Waals surface area contributed by atoms with Gasteiger partial charge in [0.05, 0.1) is 0 Å². The fourth-order valence-electron chi connectivity index (χ4n) is 2.98. The van der Waals surface area contributed by atoms with Crippen LogP contribution >= 0.6 is 0 Å². The van der Waals surface area contributed by atoms with Crippen molar-refractivity contribution in [1.29, 1.82) is 0 Å². The molecule has 2 heteroatoms. The van der Waals surface area contributed by atoms with E-state index >= 15 is 0 Å². The molecule has 21 heavy (non-hydrogen) atoms. The van der Waals surface area contributed by atoms with Crippen molar-refractivity contribution in [2.24, 2.45) is 7.05 Å². The van der Waals surface area contributed by atoms with E-state index in [1.807, 2.05) is 0 Å². The number of rotatable bonds is 1. The SMILES string of the molecule is Cc1ccccc1-c1cc2c(ccc3cc[se]c32)c[n+]1C. The third-order valence-electron chi connectivity index (χ3n) is 4.11. The molecule has 2 aromatic carbocycles. The molecule has 4 rings (SSSR count). The van der Waals surface area contributed by atoms with Gasteiger partial charge >= 0.3 is 130 Å². The Morgan fingerprint density at radius 2 is 1.76 bits per heavy atom. The molecule has 1 nitrogen and oxygen atoms in total. The molecular formula is C19H16NSe+. The van der Waals surface area contributed by atoms with Crippen molar-refractivity contribution >= 4 is 34.9 Å². The van der Waals surface area contributed by atoms with Crippen molar-refractivity contribution in [3.8, 4) is 11.3 Å². The van der Waals surface area contributed by atoms with E-state index in [1.165, 1.54) is 37.2 Å². The van der Waals surface area contributed by atoms with Crippen LogP contribution in [0.25, 0.3) is 31.7 Å². The Kier molecular flexibility index (Phi) is 2.95. The van der Waals surface area contributed by atoms with Gasteiger partial charge in [-0.15, -0.1) is 0 Å². The Morgan fingerprint density at radius 1 is 0.952 bits per heavy atom. The minimum absolute atomic E-state index is 0.470. The molecule has 0 saturated carbocycles. The number of benzene rings is 2. The Bertz CT molecular complexity index is 966. The molecule has 0 fully saturated rings. The first-order valence-corrected chi connectivity index (χ1v) is 8.94. The summed E-state index contributed by atoms with van der Waals surface area (Å²) in [5.41, 5.74) is 3.93. The molecule has 0 atom stereocenters. The van der Waals surface area contributed by atoms with Gasteiger partial charge in [-0.1, -0.05) is 0 Å². The molecule has 2 aromatic heterocycles. The third-order valence-corrected chi connectivity index (χ3v) is 6.13. The van der Waals surface area contributed by atoms with Gasteiger partial charge in [-0.2, -0.15) is 0 Å². The summed E-state index contributed by atoms with van der Waals surface area (Å²) in [5, 5.41) is 4.14. The van der Waals surface area contributed by atoms with E-state index in [1.54, 1.807) is 0 Å². The second-order valence-corrected chi connectivity index (χ2v) is 7.41. The van der Waals surface area contributed by atoms with Gasteiger partial charge in [0.25, 0.3) is 0 Å². The standard InChI is InChI=1S/C19H16NSe/c1-13-5-3-4-6-16(13)18-11-17-15(12-20(18)2)8-7-14-9-10-21-19(14)17/h3-12H,1-2H3/q+1. The van der Waals surface area contributed by atoms with Crippen LogP contribution in [-0.4, -0.2) is 14.5 Å². The molecule has 0 saturated heterocycles. The zero-order valence-corrected chi connectivity index (χ0v) is 13.8. The molecule has 102 valence electrons. The van der Waals surface area contributed by atoms with Crippen LogP contribution in [0.15, 0.2) is 59.7 Å². The molecule has 0 aliphatic carbocycles. The molecule has 0 unspecified atom stereocenters. The Morgan fingerprint density at radius 3 is 2.62 bits per heavy atom. The van der Waals surface area contributed by atoms with Crippen molar-refractivity contribution < 1.29 is 4.57 Å². The summed E-state index contributed by atoms with van der Waals surface area (Å²) in [6.45, 7) is 2.18. The van der Waals surface area contributed by atoms with Gasteiger partial charge in [-0.3, -0.25) is 0 Å². The Hall–Kier alpha value is -1.89. The van der Waals surface area contributed by atoms with Crippen LogP contribution in [0.4, 0.5) is 0 Å². The average Bonchev–Trinajstić information content (AvgIpc) is 2.96. The van der Waals surface area contributed by atoms with Crippen LogP contribution < -0.4 is 4.57 Å². The summed E-state index contributed by atoms with van der Waals surface area (Å²) in [4.78, 5) is 2.32. The summed E-state index contributed by atoms with van der Waals surface area (Å²) in [6, 6.07) is 17.7. The van der Waals surface area contributed by atoms with Crippen LogP contribution in [-0.2, 0) is 7.05 Å². The van der Waals surface area contributed by atoms with Gasteiger partial charge in [-0.05, 0) is 0 Å². The summed E-state index contributed by atoms with van der Waals surface area (Å²) in [7, 11) is 2.14. The fourth-order valence-corrected chi connectivity index (χ4v) is 4.92. The van der Waals surface area contributed by atoms with Crippen LogP contribution in [0.5, 0.6) is 0 Å². The van der Waals surface area contributed by atoms with Crippen LogP contribution in [0, 0.1) is 6.92 Å². The second-order valence-electron chi connectivity index (χ2n) is 5.49. The van der Waals surface area contributed by atoms with Gasteiger partial charge in [0, 0.05) is 0 Å². The summed E-state index contributed by atoms with van der Waals surface area (Å²) in [6.07, 6.45) is 2.26. The van der Waals surface area contributed by atoms with Crippen molar-refractivity contribution in [2.75, 3.05) is 0 Å². The molecule has 4 aromatic rings. The zero-order chi connectivity index (χ0) is 14.4. The van der Waals surface area contributed by atoms with Crippen LogP contribution in [0.3, 0.4) is 0 Å². The van der Waals surface area contributed by atoms with Crippen molar-refractivity contribution in [2.45, 2.75) is 6.92 Å². The number of hydrogen-bond donors (Lipinski definition) is 0. The van der Waals surface area contributed by atoms with E-state index in [0.717, 1.165) is 0 Å². The van der Waals surface area contributed by atoms with Gasteiger partial charge in [0.2, 0.25) is 0 Å². The first kappa shape index (κ1) is 12.8. The number of fused-ring (bicyclic) bond motifs is 3. The fraction of sp³-hybridized carbons (Fsp3) is 0.105. The molecule has 0 aliphatic heterocycles. The molecule has 2 heterocycles. The molecule has 0 radical (unpaired) electrons. The number of aryl methyl sites for hydroxylation is 2. The molecule has 0 bridgehead atoms. The van der Waals surface area contributed by atoms with E-state index in [0.29, 0.717) is 14.5 Å². The second kappa shape index (κ2) is 4.84. The van der Waals surface area contributed by atoms with E-state index in [4.69, 9.17) is 0 Å². The summed E-state index contributed by atoms with van der Waals surface area (Å²) < 4.78 is 3.77. The summed E-state index contributed by atoms with van der Waals surface area (Å²) in [5.74, 6) is 0. The maximum absolute atomic E-state index is 2.37. The summed E-state index contributed by atoms with van der Waals surface area (Å²) >= 11 is 0.470. The van der Waals surface area contributed by atoms with E-state index < -0.39 is 0 Å². The zero-order valence-electron chi connectivity index (χ0n) is 12.1. The predicted octanol–water partition coefficient (Wildman–Crippen LogP) is 3.85. The van der Waals surface area contributed by atoms with E-state index in [9.17, 15) is 0 Å². The van der Waals surface area contributed by atoms with Crippen LogP contribution in [0.2, 0.25) is 0 Å².